The lowest BCUT2D eigenvalue weighted by Crippen LogP contribution is -2.13. The van der Waals surface area contributed by atoms with Crippen molar-refractivity contribution in [3.8, 4) is 5.13 Å². The zero-order valence-electron chi connectivity index (χ0n) is 6.71. The Hall–Kier alpha value is -1.96. The highest BCUT2D eigenvalue weighted by Gasteiger charge is 2.13. The molecule has 72 valence electrons. The Morgan fingerprint density at radius 2 is 2.43 bits per heavy atom. The fourth-order valence-electron chi connectivity index (χ4n) is 0.923. The normalized spacial score (nSPS) is 10.3. The van der Waals surface area contributed by atoms with Gasteiger partial charge in [-0.3, -0.25) is 10.1 Å². The van der Waals surface area contributed by atoms with Crippen LogP contribution in [0.2, 0.25) is 0 Å². The predicted molar refractivity (Wildman–Crippen MR) is 48.7 cm³/mol. The summed E-state index contributed by atoms with van der Waals surface area (Å²) in [6.07, 6.45) is 4.03. The van der Waals surface area contributed by atoms with E-state index >= 15 is 0 Å². The van der Waals surface area contributed by atoms with E-state index in [1.165, 1.54) is 17.0 Å². The van der Waals surface area contributed by atoms with Crippen LogP contribution in [0.4, 0.5) is 5.00 Å². The zero-order chi connectivity index (χ0) is 10.1. The molecule has 0 aliphatic heterocycles. The van der Waals surface area contributed by atoms with Gasteiger partial charge in [0.15, 0.2) is 0 Å². The van der Waals surface area contributed by atoms with Crippen LogP contribution in [0.25, 0.3) is 5.13 Å². The van der Waals surface area contributed by atoms with Gasteiger partial charge in [-0.1, -0.05) is 0 Å². The first kappa shape index (κ1) is 8.63. The summed E-state index contributed by atoms with van der Waals surface area (Å²) in [5.74, 6) is 0. The number of rotatable bonds is 2. The SMILES string of the molecule is O=c1[nH]ccn1-c1ncc([N+](=O)[O-])s1. The van der Waals surface area contributed by atoms with E-state index < -0.39 is 4.92 Å². The third kappa shape index (κ3) is 1.31. The van der Waals surface area contributed by atoms with Crippen LogP contribution < -0.4 is 5.69 Å². The van der Waals surface area contributed by atoms with Crippen molar-refractivity contribution < 1.29 is 4.92 Å². The van der Waals surface area contributed by atoms with E-state index in [2.05, 4.69) is 9.97 Å². The number of nitrogens with zero attached hydrogens (tertiary/aromatic N) is 3. The number of nitro groups is 1. The summed E-state index contributed by atoms with van der Waals surface area (Å²) in [6, 6.07) is 0. The highest BCUT2D eigenvalue weighted by molar-refractivity contribution is 7.17. The molecule has 2 rings (SSSR count). The number of H-pyrrole nitrogens is 1. The fraction of sp³-hybridized carbons (Fsp3) is 0. The van der Waals surface area contributed by atoms with Crippen LogP contribution in [0.3, 0.4) is 0 Å². The molecule has 0 saturated heterocycles. The predicted octanol–water partition coefficient (Wildman–Crippen LogP) is 0.530. The molecule has 2 heterocycles. The Kier molecular flexibility index (Phi) is 1.89. The maximum atomic E-state index is 11.1. The first-order chi connectivity index (χ1) is 6.68. The average molecular weight is 212 g/mol. The second kappa shape index (κ2) is 3.07. The lowest BCUT2D eigenvalue weighted by atomic mass is 10.8. The van der Waals surface area contributed by atoms with Crippen LogP contribution in [0.15, 0.2) is 23.4 Å². The van der Waals surface area contributed by atoms with Gasteiger partial charge in [-0.15, -0.1) is 0 Å². The van der Waals surface area contributed by atoms with Crippen molar-refractivity contribution in [1.82, 2.24) is 14.5 Å². The number of thiazole rings is 1. The smallest absolute Gasteiger partial charge is 0.312 e. The van der Waals surface area contributed by atoms with E-state index in [-0.39, 0.29) is 15.8 Å². The molecule has 2 aromatic heterocycles. The molecule has 0 spiro atoms. The van der Waals surface area contributed by atoms with Crippen LogP contribution in [0.5, 0.6) is 0 Å². The van der Waals surface area contributed by atoms with Crippen molar-refractivity contribution in [2.45, 2.75) is 0 Å². The van der Waals surface area contributed by atoms with Gasteiger partial charge in [0.05, 0.1) is 4.92 Å². The van der Waals surface area contributed by atoms with Crippen molar-refractivity contribution in [3.63, 3.8) is 0 Å². The Morgan fingerprint density at radius 3 is 2.93 bits per heavy atom. The minimum atomic E-state index is -0.543. The van der Waals surface area contributed by atoms with Crippen LogP contribution in [-0.2, 0) is 0 Å². The zero-order valence-corrected chi connectivity index (χ0v) is 7.52. The Labute approximate surface area is 80.8 Å². The summed E-state index contributed by atoms with van der Waals surface area (Å²) < 4.78 is 1.21. The number of hydrogen-bond acceptors (Lipinski definition) is 5. The van der Waals surface area contributed by atoms with Crippen LogP contribution in [0.1, 0.15) is 0 Å². The minimum absolute atomic E-state index is 0.0897. The van der Waals surface area contributed by atoms with Gasteiger partial charge >= 0.3 is 10.7 Å². The fourth-order valence-corrected chi connectivity index (χ4v) is 1.64. The van der Waals surface area contributed by atoms with Crippen LogP contribution >= 0.6 is 11.3 Å². The second-order valence-electron chi connectivity index (χ2n) is 2.37. The third-order valence-electron chi connectivity index (χ3n) is 1.52. The van der Waals surface area contributed by atoms with E-state index in [1.54, 1.807) is 0 Å². The standard InChI is InChI=1S/C6H4N4O3S/c11-5-7-1-2-9(5)6-8-3-4(14-6)10(12)13/h1-3H,(H,7,11). The molecular weight excluding hydrogens is 208 g/mol. The molecule has 0 amide bonds. The summed E-state index contributed by atoms with van der Waals surface area (Å²) >= 11 is 0.846. The highest BCUT2D eigenvalue weighted by atomic mass is 32.1. The first-order valence-corrected chi connectivity index (χ1v) is 4.37. The monoisotopic (exact) mass is 212 g/mol. The molecule has 0 unspecified atom stereocenters. The number of aromatic amines is 1. The molecule has 2 aromatic rings. The summed E-state index contributed by atoms with van der Waals surface area (Å²) in [5.41, 5.74) is -0.366. The number of hydrogen-bond donors (Lipinski definition) is 1. The van der Waals surface area contributed by atoms with Gasteiger partial charge in [0.25, 0.3) is 0 Å². The quantitative estimate of drug-likeness (QED) is 0.580. The molecular formula is C6H4N4O3S. The minimum Gasteiger partial charge on any atom is -0.312 e. The molecule has 0 atom stereocenters. The van der Waals surface area contributed by atoms with Gasteiger partial charge in [-0.05, 0) is 11.3 Å². The molecule has 0 aliphatic carbocycles. The van der Waals surface area contributed by atoms with E-state index in [9.17, 15) is 14.9 Å². The maximum Gasteiger partial charge on any atom is 0.345 e. The van der Waals surface area contributed by atoms with Gasteiger partial charge in [-0.2, -0.15) is 0 Å². The Balaban J connectivity index is 2.49. The van der Waals surface area contributed by atoms with E-state index in [0.717, 1.165) is 17.5 Å². The van der Waals surface area contributed by atoms with Gasteiger partial charge in [0.2, 0.25) is 5.13 Å². The summed E-state index contributed by atoms with van der Waals surface area (Å²) in [4.78, 5) is 27.1. The lowest BCUT2D eigenvalue weighted by molar-refractivity contribution is -0.380. The summed E-state index contributed by atoms with van der Waals surface area (Å²) in [7, 11) is 0. The number of nitrogens with one attached hydrogen (secondary N) is 1. The summed E-state index contributed by atoms with van der Waals surface area (Å²) in [5, 5.41) is 10.5. The molecule has 14 heavy (non-hydrogen) atoms. The second-order valence-corrected chi connectivity index (χ2v) is 3.36. The third-order valence-corrected chi connectivity index (χ3v) is 2.46. The number of imidazole rings is 1. The molecule has 0 radical (unpaired) electrons. The van der Waals surface area contributed by atoms with Crippen molar-refractivity contribution in [2.24, 2.45) is 0 Å². The van der Waals surface area contributed by atoms with Gasteiger partial charge in [-0.25, -0.2) is 14.3 Å². The van der Waals surface area contributed by atoms with Crippen molar-refractivity contribution in [1.29, 1.82) is 0 Å². The molecule has 0 aromatic carbocycles. The number of aromatic nitrogens is 3. The van der Waals surface area contributed by atoms with Crippen LogP contribution in [-0.4, -0.2) is 19.5 Å². The largest absolute Gasteiger partial charge is 0.345 e. The molecule has 8 heteroatoms. The Bertz CT molecular complexity index is 525. The average Bonchev–Trinajstić information content (AvgIpc) is 2.71. The maximum absolute atomic E-state index is 11.1. The van der Waals surface area contributed by atoms with Crippen molar-refractivity contribution in [2.75, 3.05) is 0 Å². The van der Waals surface area contributed by atoms with E-state index in [0.29, 0.717) is 0 Å². The van der Waals surface area contributed by atoms with Gasteiger partial charge in [0, 0.05) is 12.4 Å². The van der Waals surface area contributed by atoms with Crippen molar-refractivity contribution in [3.05, 3.63) is 39.2 Å². The van der Waals surface area contributed by atoms with Crippen molar-refractivity contribution >= 4 is 16.3 Å². The summed E-state index contributed by atoms with van der Waals surface area (Å²) in [6.45, 7) is 0. The topological polar surface area (TPSA) is 93.8 Å². The van der Waals surface area contributed by atoms with Gasteiger partial charge < -0.3 is 4.98 Å². The van der Waals surface area contributed by atoms with E-state index in [4.69, 9.17) is 0 Å². The molecule has 0 bridgehead atoms. The molecule has 0 saturated carbocycles. The highest BCUT2D eigenvalue weighted by Crippen LogP contribution is 2.22. The molecule has 7 nitrogen and oxygen atoms in total. The molecule has 0 fully saturated rings. The molecule has 0 aliphatic rings. The van der Waals surface area contributed by atoms with E-state index in [1.807, 2.05) is 0 Å². The lowest BCUT2D eigenvalue weighted by Gasteiger charge is -1.89. The van der Waals surface area contributed by atoms with Crippen LogP contribution in [0, 0.1) is 10.1 Å². The van der Waals surface area contributed by atoms with Gasteiger partial charge in [0.1, 0.15) is 6.20 Å². The first-order valence-electron chi connectivity index (χ1n) is 3.55. The Morgan fingerprint density at radius 1 is 1.64 bits per heavy atom. The molecule has 1 N–H and O–H groups in total.